The third-order valence-electron chi connectivity index (χ3n) is 1.73. The summed E-state index contributed by atoms with van der Waals surface area (Å²) in [6.07, 6.45) is -1.03. The Balaban J connectivity index is 2.78. The number of hydrogen-bond donors (Lipinski definition) is 1. The first kappa shape index (κ1) is 11.0. The molecule has 0 aliphatic heterocycles. The molecule has 1 amide bonds. The average Bonchev–Trinajstić information content (AvgIpc) is 2.11. The Labute approximate surface area is 89.3 Å². The largest absolute Gasteiger partial charge is 0.465 e. The van der Waals surface area contributed by atoms with Crippen molar-refractivity contribution in [3.63, 3.8) is 0 Å². The Hall–Kier alpha value is -1.10. The molecule has 0 radical (unpaired) electrons. The molecule has 1 rings (SSSR count). The minimum Gasteiger partial charge on any atom is -0.465 e. The molecule has 1 aromatic rings. The van der Waals surface area contributed by atoms with E-state index in [1.54, 1.807) is 12.1 Å². The fourth-order valence-electron chi connectivity index (χ4n) is 0.979. The number of halogens is 2. The SMILES string of the molecule is CN(Cc1ccc(Br)c(F)c1)C(=O)O. The van der Waals surface area contributed by atoms with Gasteiger partial charge in [0.2, 0.25) is 0 Å². The summed E-state index contributed by atoms with van der Waals surface area (Å²) >= 11 is 3.02. The van der Waals surface area contributed by atoms with Crippen LogP contribution in [0.1, 0.15) is 5.56 Å². The highest BCUT2D eigenvalue weighted by Crippen LogP contribution is 2.17. The van der Waals surface area contributed by atoms with E-state index in [0.29, 0.717) is 10.0 Å². The quantitative estimate of drug-likeness (QED) is 0.890. The van der Waals surface area contributed by atoms with Crippen molar-refractivity contribution in [2.75, 3.05) is 7.05 Å². The van der Waals surface area contributed by atoms with E-state index in [2.05, 4.69) is 15.9 Å². The molecule has 0 bridgehead atoms. The van der Waals surface area contributed by atoms with Crippen molar-refractivity contribution in [1.29, 1.82) is 0 Å². The van der Waals surface area contributed by atoms with Crippen molar-refractivity contribution < 1.29 is 14.3 Å². The molecule has 5 heteroatoms. The Morgan fingerprint density at radius 1 is 1.64 bits per heavy atom. The van der Waals surface area contributed by atoms with Gasteiger partial charge in [-0.1, -0.05) is 6.07 Å². The highest BCUT2D eigenvalue weighted by molar-refractivity contribution is 9.10. The van der Waals surface area contributed by atoms with E-state index in [4.69, 9.17) is 5.11 Å². The molecule has 0 spiro atoms. The second-order valence-electron chi connectivity index (χ2n) is 2.89. The van der Waals surface area contributed by atoms with E-state index in [1.807, 2.05) is 0 Å². The molecule has 0 unspecified atom stereocenters. The molecule has 1 aromatic carbocycles. The number of rotatable bonds is 2. The third-order valence-corrected chi connectivity index (χ3v) is 2.37. The number of nitrogens with zero attached hydrogens (tertiary/aromatic N) is 1. The summed E-state index contributed by atoms with van der Waals surface area (Å²) in [5, 5.41) is 8.59. The van der Waals surface area contributed by atoms with Crippen LogP contribution >= 0.6 is 15.9 Å². The van der Waals surface area contributed by atoms with Gasteiger partial charge in [-0.3, -0.25) is 0 Å². The number of carboxylic acid groups (broad SMARTS) is 1. The molecule has 0 saturated carbocycles. The molecule has 76 valence electrons. The fraction of sp³-hybridized carbons (Fsp3) is 0.222. The normalized spacial score (nSPS) is 9.93. The van der Waals surface area contributed by atoms with Crippen LogP contribution in [0.2, 0.25) is 0 Å². The van der Waals surface area contributed by atoms with Gasteiger partial charge in [0.05, 0.1) is 4.47 Å². The highest BCUT2D eigenvalue weighted by Gasteiger charge is 2.07. The third kappa shape index (κ3) is 2.70. The summed E-state index contributed by atoms with van der Waals surface area (Å²) in [5.41, 5.74) is 0.621. The van der Waals surface area contributed by atoms with Crippen molar-refractivity contribution in [3.8, 4) is 0 Å². The molecule has 0 aliphatic carbocycles. The Bertz CT molecular complexity index is 357. The summed E-state index contributed by atoms with van der Waals surface area (Å²) in [7, 11) is 1.43. The van der Waals surface area contributed by atoms with Crippen molar-refractivity contribution in [3.05, 3.63) is 34.1 Å². The topological polar surface area (TPSA) is 40.5 Å². The average molecular weight is 262 g/mol. The van der Waals surface area contributed by atoms with Crippen molar-refractivity contribution in [2.24, 2.45) is 0 Å². The zero-order valence-corrected chi connectivity index (χ0v) is 9.08. The molecule has 3 nitrogen and oxygen atoms in total. The Morgan fingerprint density at radius 3 is 2.79 bits per heavy atom. The van der Waals surface area contributed by atoms with E-state index in [-0.39, 0.29) is 12.4 Å². The van der Waals surface area contributed by atoms with Gasteiger partial charge in [-0.25, -0.2) is 9.18 Å². The van der Waals surface area contributed by atoms with Gasteiger partial charge in [0.15, 0.2) is 0 Å². The van der Waals surface area contributed by atoms with Gasteiger partial charge < -0.3 is 10.0 Å². The molecule has 14 heavy (non-hydrogen) atoms. The first-order chi connectivity index (χ1) is 6.50. The zero-order chi connectivity index (χ0) is 10.7. The number of benzene rings is 1. The van der Waals surface area contributed by atoms with E-state index in [9.17, 15) is 9.18 Å². The van der Waals surface area contributed by atoms with Crippen LogP contribution in [0.25, 0.3) is 0 Å². The zero-order valence-electron chi connectivity index (χ0n) is 7.50. The van der Waals surface area contributed by atoms with Crippen molar-refractivity contribution >= 4 is 22.0 Å². The van der Waals surface area contributed by atoms with Gasteiger partial charge in [-0.15, -0.1) is 0 Å². The molecular weight excluding hydrogens is 253 g/mol. The molecule has 0 aliphatic rings. The lowest BCUT2D eigenvalue weighted by atomic mass is 10.2. The summed E-state index contributed by atoms with van der Waals surface area (Å²) in [6, 6.07) is 4.54. The van der Waals surface area contributed by atoms with Gasteiger partial charge in [0.25, 0.3) is 0 Å². The van der Waals surface area contributed by atoms with Crippen molar-refractivity contribution in [2.45, 2.75) is 6.54 Å². The van der Waals surface area contributed by atoms with Crippen LogP contribution in [-0.4, -0.2) is 23.1 Å². The van der Waals surface area contributed by atoms with E-state index < -0.39 is 6.09 Å². The van der Waals surface area contributed by atoms with Crippen LogP contribution in [0.3, 0.4) is 0 Å². The van der Waals surface area contributed by atoms with E-state index in [1.165, 1.54) is 13.1 Å². The predicted octanol–water partition coefficient (Wildman–Crippen LogP) is 2.70. The summed E-state index contributed by atoms with van der Waals surface area (Å²) < 4.78 is 13.4. The Morgan fingerprint density at radius 2 is 2.29 bits per heavy atom. The maximum Gasteiger partial charge on any atom is 0.407 e. The first-order valence-corrected chi connectivity index (χ1v) is 4.68. The second-order valence-corrected chi connectivity index (χ2v) is 3.74. The van der Waals surface area contributed by atoms with Crippen LogP contribution in [0, 0.1) is 5.82 Å². The van der Waals surface area contributed by atoms with Gasteiger partial charge >= 0.3 is 6.09 Å². The fourth-order valence-corrected chi connectivity index (χ4v) is 1.23. The van der Waals surface area contributed by atoms with Crippen LogP contribution in [0.15, 0.2) is 22.7 Å². The number of amides is 1. The predicted molar refractivity (Wildman–Crippen MR) is 53.6 cm³/mol. The monoisotopic (exact) mass is 261 g/mol. The molecular formula is C9H9BrFNO2. The minimum absolute atomic E-state index is 0.180. The second kappa shape index (κ2) is 4.41. The molecule has 0 aromatic heterocycles. The first-order valence-electron chi connectivity index (χ1n) is 3.88. The Kier molecular flexibility index (Phi) is 3.46. The maximum atomic E-state index is 13.0. The summed E-state index contributed by atoms with van der Waals surface area (Å²) in [4.78, 5) is 11.6. The van der Waals surface area contributed by atoms with E-state index in [0.717, 1.165) is 4.90 Å². The van der Waals surface area contributed by atoms with Crippen LogP contribution in [0.5, 0.6) is 0 Å². The minimum atomic E-state index is -1.03. The summed E-state index contributed by atoms with van der Waals surface area (Å²) in [6.45, 7) is 0.180. The smallest absolute Gasteiger partial charge is 0.407 e. The van der Waals surface area contributed by atoms with Crippen LogP contribution in [-0.2, 0) is 6.54 Å². The van der Waals surface area contributed by atoms with Gasteiger partial charge in [-0.2, -0.15) is 0 Å². The van der Waals surface area contributed by atoms with Gasteiger partial charge in [-0.05, 0) is 33.6 Å². The molecule has 1 N–H and O–H groups in total. The van der Waals surface area contributed by atoms with E-state index >= 15 is 0 Å². The van der Waals surface area contributed by atoms with Crippen LogP contribution in [0.4, 0.5) is 9.18 Å². The molecule has 0 fully saturated rings. The highest BCUT2D eigenvalue weighted by atomic mass is 79.9. The molecule has 0 atom stereocenters. The lowest BCUT2D eigenvalue weighted by Gasteiger charge is -2.12. The van der Waals surface area contributed by atoms with Crippen LogP contribution < -0.4 is 0 Å². The molecule has 0 saturated heterocycles. The number of hydrogen-bond acceptors (Lipinski definition) is 1. The maximum absolute atomic E-state index is 13.0. The lowest BCUT2D eigenvalue weighted by Crippen LogP contribution is -2.23. The molecule has 0 heterocycles. The van der Waals surface area contributed by atoms with Crippen molar-refractivity contribution in [1.82, 2.24) is 4.90 Å². The van der Waals surface area contributed by atoms with Gasteiger partial charge in [0.1, 0.15) is 5.82 Å². The standard InChI is InChI=1S/C9H9BrFNO2/c1-12(9(13)14)5-6-2-3-7(10)8(11)4-6/h2-4H,5H2,1H3,(H,13,14). The number of carbonyl (C=O) groups is 1. The van der Waals surface area contributed by atoms with Gasteiger partial charge in [0, 0.05) is 13.6 Å². The lowest BCUT2D eigenvalue weighted by molar-refractivity contribution is 0.153. The summed E-state index contributed by atoms with van der Waals surface area (Å²) in [5.74, 6) is -0.388.